The molecule has 5 heteroatoms. The van der Waals surface area contributed by atoms with Gasteiger partial charge in [-0.25, -0.2) is 0 Å². The maximum Gasteiger partial charge on any atom is 0.262 e. The van der Waals surface area contributed by atoms with Crippen LogP contribution in [-0.4, -0.2) is 45.1 Å². The van der Waals surface area contributed by atoms with Crippen LogP contribution in [0, 0.1) is 29.6 Å². The van der Waals surface area contributed by atoms with Crippen molar-refractivity contribution in [2.75, 3.05) is 13.9 Å². The Morgan fingerprint density at radius 3 is 2.19 bits per heavy atom. The lowest BCUT2D eigenvalue weighted by atomic mass is 9.88. The Morgan fingerprint density at radius 2 is 1.67 bits per heavy atom. The van der Waals surface area contributed by atoms with Crippen LogP contribution in [0.2, 0.25) is 5.04 Å². The van der Waals surface area contributed by atoms with Gasteiger partial charge in [-0.05, 0) is 66.6 Å². The Hall–Kier alpha value is -2.90. The fourth-order valence-electron chi connectivity index (χ4n) is 5.57. The molecule has 0 saturated carbocycles. The molecule has 4 nitrogen and oxygen atoms in total. The van der Waals surface area contributed by atoms with Gasteiger partial charge in [0.25, 0.3) is 8.32 Å². The van der Waals surface area contributed by atoms with Gasteiger partial charge in [0.05, 0.1) is 6.10 Å². The lowest BCUT2D eigenvalue weighted by molar-refractivity contribution is -0.105. The zero-order chi connectivity index (χ0) is 30.8. The molecular formula is C37H48O4Si. The van der Waals surface area contributed by atoms with Crippen LogP contribution in [0.25, 0.3) is 0 Å². The van der Waals surface area contributed by atoms with Crippen LogP contribution in [0.15, 0.2) is 84.5 Å². The smallest absolute Gasteiger partial charge is 0.262 e. The number of aliphatic hydroxyl groups is 1. The lowest BCUT2D eigenvalue weighted by Gasteiger charge is -2.45. The first-order valence-corrected chi connectivity index (χ1v) is 16.8. The molecule has 0 spiro atoms. The molecule has 0 fully saturated rings. The van der Waals surface area contributed by atoms with Crippen molar-refractivity contribution in [3.8, 4) is 23.7 Å². The van der Waals surface area contributed by atoms with Gasteiger partial charge >= 0.3 is 0 Å². The molecule has 0 amide bonds. The molecule has 3 rings (SSSR count). The van der Waals surface area contributed by atoms with E-state index in [0.717, 1.165) is 17.6 Å². The number of rotatable bonds is 8. The highest BCUT2D eigenvalue weighted by Crippen LogP contribution is 2.38. The van der Waals surface area contributed by atoms with Gasteiger partial charge in [-0.15, -0.1) is 5.92 Å². The minimum atomic E-state index is -2.89. The summed E-state index contributed by atoms with van der Waals surface area (Å²) in [5, 5.41) is 13.1. The summed E-state index contributed by atoms with van der Waals surface area (Å²) in [5.74, 6) is 13.6. The molecule has 0 aromatic heterocycles. The standard InChI is InChI=1S/C37H48O4Si/c1-29(2)31-19-15-16-20-32(27-37(7,40-28-39-8)25-17-18-30(3)35(38)26-31)41-42(36(4,5)6,33-21-11-9-12-22-33)34-23-13-10-14-24-34/h9-14,18,21-24,31-32,35,38H,1,15,19,26-28H2,2-8H3/b30-18-/t31-,32?,35?,37?/m0/s1. The summed E-state index contributed by atoms with van der Waals surface area (Å²) in [6, 6.07) is 21.2. The van der Waals surface area contributed by atoms with Gasteiger partial charge < -0.3 is 19.0 Å². The number of methoxy groups -OCH3 is 1. The zero-order valence-electron chi connectivity index (χ0n) is 26.5. The van der Waals surface area contributed by atoms with Gasteiger partial charge in [0.15, 0.2) is 0 Å². The Morgan fingerprint density at radius 1 is 1.07 bits per heavy atom. The van der Waals surface area contributed by atoms with Crippen LogP contribution in [0.4, 0.5) is 0 Å². The molecule has 0 saturated heterocycles. The Kier molecular flexibility index (Phi) is 12.0. The summed E-state index contributed by atoms with van der Waals surface area (Å²) in [6.07, 6.45) is 3.28. The molecule has 1 aliphatic rings. The van der Waals surface area contributed by atoms with Crippen molar-refractivity contribution in [2.45, 2.75) is 90.1 Å². The average Bonchev–Trinajstić information content (AvgIpc) is 2.95. The highest BCUT2D eigenvalue weighted by Gasteiger charge is 2.52. The molecule has 1 aliphatic carbocycles. The highest BCUT2D eigenvalue weighted by molar-refractivity contribution is 6.99. The number of hydrogen-bond acceptors (Lipinski definition) is 4. The minimum Gasteiger partial charge on any atom is -0.394 e. The molecule has 1 N–H and O–H groups in total. The summed E-state index contributed by atoms with van der Waals surface area (Å²) >= 11 is 0. The van der Waals surface area contributed by atoms with Crippen molar-refractivity contribution in [3.63, 3.8) is 0 Å². The number of ether oxygens (including phenoxy) is 2. The number of hydrogen-bond donors (Lipinski definition) is 1. The third-order valence-electron chi connectivity index (χ3n) is 8.05. The monoisotopic (exact) mass is 584 g/mol. The van der Waals surface area contributed by atoms with E-state index < -0.39 is 26.1 Å². The summed E-state index contributed by atoms with van der Waals surface area (Å²) < 4.78 is 19.0. The topological polar surface area (TPSA) is 47.9 Å². The van der Waals surface area contributed by atoms with E-state index in [1.165, 1.54) is 10.4 Å². The Labute approximate surface area is 255 Å². The predicted octanol–water partition coefficient (Wildman–Crippen LogP) is 6.39. The van der Waals surface area contributed by atoms with Crippen molar-refractivity contribution in [3.05, 3.63) is 84.5 Å². The first-order chi connectivity index (χ1) is 19.9. The van der Waals surface area contributed by atoms with E-state index in [1.54, 1.807) is 13.2 Å². The SMILES string of the molecule is C=C(C)[C@H]1CCC#CC(O[Si](c2ccccc2)(c2ccccc2)C(C)(C)C)CC(C)(OCOC)C#C/C=C(/C)C(O)C1. The maximum atomic E-state index is 10.9. The molecule has 224 valence electrons. The summed E-state index contributed by atoms with van der Waals surface area (Å²) in [6.45, 7) is 17.0. The van der Waals surface area contributed by atoms with E-state index in [0.29, 0.717) is 19.3 Å². The average molecular weight is 585 g/mol. The predicted molar refractivity (Wildman–Crippen MR) is 176 cm³/mol. The van der Waals surface area contributed by atoms with Crippen molar-refractivity contribution in [2.24, 2.45) is 5.92 Å². The molecule has 2 aromatic rings. The van der Waals surface area contributed by atoms with Crippen molar-refractivity contribution in [1.82, 2.24) is 0 Å². The molecule has 2 aromatic carbocycles. The molecule has 3 unspecified atom stereocenters. The molecule has 0 bridgehead atoms. The van der Waals surface area contributed by atoms with E-state index in [-0.39, 0.29) is 17.7 Å². The van der Waals surface area contributed by atoms with Crippen LogP contribution in [0.3, 0.4) is 0 Å². The number of allylic oxidation sites excluding steroid dienone is 2. The first kappa shape index (κ1) is 33.6. The van der Waals surface area contributed by atoms with Gasteiger partial charge in [-0.2, -0.15) is 0 Å². The third kappa shape index (κ3) is 8.57. The molecule has 42 heavy (non-hydrogen) atoms. The summed E-state index contributed by atoms with van der Waals surface area (Å²) in [7, 11) is -1.28. The largest absolute Gasteiger partial charge is 0.394 e. The van der Waals surface area contributed by atoms with E-state index in [2.05, 4.69) is 99.6 Å². The normalized spacial score (nSPS) is 25.0. The lowest BCUT2D eigenvalue weighted by Crippen LogP contribution is -2.67. The van der Waals surface area contributed by atoms with E-state index in [9.17, 15) is 5.11 Å². The number of aliphatic hydroxyl groups excluding tert-OH is 1. The molecule has 0 radical (unpaired) electrons. The number of benzene rings is 2. The second-order valence-electron chi connectivity index (χ2n) is 12.6. The van der Waals surface area contributed by atoms with Crippen molar-refractivity contribution < 1.29 is 19.0 Å². The Bertz CT molecular complexity index is 1280. The van der Waals surface area contributed by atoms with Gasteiger partial charge in [-0.3, -0.25) is 0 Å². The second kappa shape index (κ2) is 15.0. The maximum absolute atomic E-state index is 10.9. The highest BCUT2D eigenvalue weighted by atomic mass is 28.4. The fraction of sp³-hybridized carbons (Fsp3) is 0.459. The van der Waals surface area contributed by atoms with Gasteiger partial charge in [0.2, 0.25) is 0 Å². The van der Waals surface area contributed by atoms with E-state index >= 15 is 0 Å². The van der Waals surface area contributed by atoms with Gasteiger partial charge in [0, 0.05) is 20.0 Å². The minimum absolute atomic E-state index is 0.0934. The quantitative estimate of drug-likeness (QED) is 0.169. The van der Waals surface area contributed by atoms with Crippen LogP contribution >= 0.6 is 0 Å². The first-order valence-electron chi connectivity index (χ1n) is 14.8. The van der Waals surface area contributed by atoms with Crippen LogP contribution in [0.5, 0.6) is 0 Å². The molecular weight excluding hydrogens is 536 g/mol. The summed E-state index contributed by atoms with van der Waals surface area (Å²) in [5.41, 5.74) is 0.987. The van der Waals surface area contributed by atoms with Crippen molar-refractivity contribution in [1.29, 1.82) is 0 Å². The Balaban J connectivity index is 2.19. The second-order valence-corrected chi connectivity index (χ2v) is 16.8. The van der Waals surface area contributed by atoms with Gasteiger partial charge in [0.1, 0.15) is 18.5 Å². The zero-order valence-corrected chi connectivity index (χ0v) is 27.5. The fourth-order valence-corrected chi connectivity index (χ4v) is 10.2. The third-order valence-corrected chi connectivity index (χ3v) is 13.1. The molecule has 4 atom stereocenters. The van der Waals surface area contributed by atoms with Crippen LogP contribution < -0.4 is 10.4 Å². The molecule has 0 heterocycles. The van der Waals surface area contributed by atoms with Gasteiger partial charge in [-0.1, -0.05) is 111 Å². The molecule has 0 aliphatic heterocycles. The van der Waals surface area contributed by atoms with E-state index in [1.807, 2.05) is 32.9 Å². The van der Waals surface area contributed by atoms with Crippen LogP contribution in [-0.2, 0) is 13.9 Å². The van der Waals surface area contributed by atoms with E-state index in [4.69, 9.17) is 13.9 Å². The summed E-state index contributed by atoms with van der Waals surface area (Å²) in [4.78, 5) is 0. The van der Waals surface area contributed by atoms with Crippen molar-refractivity contribution >= 4 is 18.7 Å². The van der Waals surface area contributed by atoms with Crippen LogP contribution in [0.1, 0.15) is 67.2 Å².